The molecule has 0 radical (unpaired) electrons. The van der Waals surface area contributed by atoms with Crippen molar-refractivity contribution in [3.63, 3.8) is 0 Å². The fraction of sp³-hybridized carbons (Fsp3) is 0.448. The average Bonchev–Trinajstić information content (AvgIpc) is 3.61. The Kier molecular flexibility index (Phi) is 9.20. The number of rotatable bonds is 10. The maximum Gasteiger partial charge on any atom is 0.414 e. The molecule has 0 spiro atoms. The number of fused-ring (bicyclic) bond motifs is 1. The van der Waals surface area contributed by atoms with E-state index in [0.29, 0.717) is 12.3 Å². The number of ether oxygens (including phenoxy) is 2. The average molecular weight is 614 g/mol. The van der Waals surface area contributed by atoms with E-state index in [0.717, 1.165) is 17.0 Å². The van der Waals surface area contributed by atoms with Crippen molar-refractivity contribution in [1.82, 2.24) is 24.6 Å². The molecular weight excluding hydrogens is 580 g/mol. The number of halogens is 2. The maximum atomic E-state index is 15.2. The minimum absolute atomic E-state index is 0.00469. The van der Waals surface area contributed by atoms with Crippen molar-refractivity contribution < 1.29 is 37.4 Å². The van der Waals surface area contributed by atoms with Crippen molar-refractivity contribution in [2.24, 2.45) is 5.92 Å². The van der Waals surface area contributed by atoms with E-state index in [2.05, 4.69) is 15.3 Å². The number of esters is 1. The number of aromatic nitrogens is 3. The van der Waals surface area contributed by atoms with Gasteiger partial charge in [-0.15, -0.1) is 0 Å². The van der Waals surface area contributed by atoms with Gasteiger partial charge in [-0.2, -0.15) is 0 Å². The first kappa shape index (κ1) is 30.6. The molecule has 2 fully saturated rings. The summed E-state index contributed by atoms with van der Waals surface area (Å²) in [4.78, 5) is 61.7. The molecule has 44 heavy (non-hydrogen) atoms. The fourth-order valence-electron chi connectivity index (χ4n) is 4.99. The van der Waals surface area contributed by atoms with E-state index in [9.17, 15) is 19.2 Å². The summed E-state index contributed by atoms with van der Waals surface area (Å²) in [6.07, 6.45) is 5.16. The summed E-state index contributed by atoms with van der Waals surface area (Å²) in [7, 11) is 0. The number of carbonyl (C=O) groups excluding carboxylic acids is 4. The van der Waals surface area contributed by atoms with Crippen molar-refractivity contribution in [3.05, 3.63) is 54.2 Å². The van der Waals surface area contributed by atoms with E-state index in [1.54, 1.807) is 16.8 Å². The van der Waals surface area contributed by atoms with Gasteiger partial charge < -0.3 is 29.0 Å². The van der Waals surface area contributed by atoms with Gasteiger partial charge in [0.25, 0.3) is 5.91 Å². The van der Waals surface area contributed by atoms with Gasteiger partial charge in [-0.3, -0.25) is 24.3 Å². The lowest BCUT2D eigenvalue weighted by Gasteiger charge is -2.36. The van der Waals surface area contributed by atoms with E-state index in [1.807, 2.05) is 13.8 Å². The minimum atomic E-state index is -0.858. The van der Waals surface area contributed by atoms with Crippen LogP contribution in [0, 0.1) is 17.6 Å². The van der Waals surface area contributed by atoms with E-state index in [-0.39, 0.29) is 81.0 Å². The number of amides is 3. The van der Waals surface area contributed by atoms with Crippen molar-refractivity contribution in [2.75, 3.05) is 55.7 Å². The Morgan fingerprint density at radius 3 is 2.55 bits per heavy atom. The molecule has 234 valence electrons. The molecule has 1 N–H and O–H groups in total. The molecule has 0 aliphatic carbocycles. The zero-order valence-corrected chi connectivity index (χ0v) is 24.4. The Labute approximate surface area is 251 Å². The highest BCUT2D eigenvalue weighted by molar-refractivity contribution is 5.95. The van der Waals surface area contributed by atoms with Crippen LogP contribution in [0.3, 0.4) is 0 Å². The van der Waals surface area contributed by atoms with Crippen LogP contribution in [0.5, 0.6) is 0 Å². The molecule has 0 saturated carbocycles. The van der Waals surface area contributed by atoms with Crippen molar-refractivity contribution in [3.8, 4) is 0 Å². The predicted molar refractivity (Wildman–Crippen MR) is 153 cm³/mol. The Bertz CT molecular complexity index is 1500. The molecule has 2 aliphatic rings. The smallest absolute Gasteiger partial charge is 0.414 e. The van der Waals surface area contributed by atoms with Crippen molar-refractivity contribution in [2.45, 2.75) is 32.8 Å². The second-order valence-corrected chi connectivity index (χ2v) is 11.0. The molecule has 0 unspecified atom stereocenters. The van der Waals surface area contributed by atoms with Crippen LogP contribution in [0.4, 0.5) is 25.0 Å². The highest BCUT2D eigenvalue weighted by Gasteiger charge is 2.34. The number of nitrogens with one attached hydrogen (secondary N) is 1. The van der Waals surface area contributed by atoms with Crippen LogP contribution < -0.4 is 15.1 Å². The number of hydrogen-bond donors (Lipinski definition) is 1. The standard InChI is InChI=1S/C29H33F2N7O6/c1-18(2)17-43-26(40)4-3-20-15-38(29(42)44-20)19-11-21(30)27(22(31)12-19)36-9-7-35(8-10-36)25(39)14-33-28(41)23-16-37-6-5-32-13-24(37)34-23/h5-6,11-13,16,18,20H,3-4,7-10,14-15,17H2,1-2H3,(H,33,41)/t20-/m0/s1. The second kappa shape index (κ2) is 13.2. The monoisotopic (exact) mass is 613 g/mol. The molecule has 5 rings (SSSR count). The normalized spacial score (nSPS) is 16.9. The number of piperazine rings is 1. The van der Waals surface area contributed by atoms with Crippen molar-refractivity contribution >= 4 is 40.9 Å². The van der Waals surface area contributed by atoms with Gasteiger partial charge in [0.15, 0.2) is 17.3 Å². The first-order valence-electron chi connectivity index (χ1n) is 14.3. The quantitative estimate of drug-likeness (QED) is 0.342. The Balaban J connectivity index is 1.12. The number of hydrogen-bond acceptors (Lipinski definition) is 9. The van der Waals surface area contributed by atoms with E-state index in [4.69, 9.17) is 9.47 Å². The Hall–Kier alpha value is -4.82. The molecule has 3 aromatic rings. The molecular formula is C29H33F2N7O6. The van der Waals surface area contributed by atoms with Crippen LogP contribution >= 0.6 is 0 Å². The summed E-state index contributed by atoms with van der Waals surface area (Å²) in [5, 5.41) is 2.56. The largest absolute Gasteiger partial charge is 0.465 e. The van der Waals surface area contributed by atoms with Crippen molar-refractivity contribution in [1.29, 1.82) is 0 Å². The zero-order valence-electron chi connectivity index (χ0n) is 24.4. The lowest BCUT2D eigenvalue weighted by molar-refractivity contribution is -0.145. The number of cyclic esters (lactones) is 1. The van der Waals surface area contributed by atoms with Gasteiger partial charge in [0.2, 0.25) is 5.91 Å². The lowest BCUT2D eigenvalue weighted by Crippen LogP contribution is -2.51. The fourth-order valence-corrected chi connectivity index (χ4v) is 4.99. The van der Waals surface area contributed by atoms with Gasteiger partial charge in [-0.25, -0.2) is 18.6 Å². The van der Waals surface area contributed by atoms with Gasteiger partial charge in [0, 0.05) is 63.3 Å². The summed E-state index contributed by atoms with van der Waals surface area (Å²) in [5.41, 5.74) is 0.385. The number of anilines is 2. The van der Waals surface area contributed by atoms with Gasteiger partial charge in [-0.1, -0.05) is 13.8 Å². The summed E-state index contributed by atoms with van der Waals surface area (Å²) >= 11 is 0. The van der Waals surface area contributed by atoms with Crippen LogP contribution in [0.15, 0.2) is 36.9 Å². The third-order valence-corrected chi connectivity index (χ3v) is 7.28. The first-order chi connectivity index (χ1) is 21.1. The summed E-state index contributed by atoms with van der Waals surface area (Å²) in [6, 6.07) is 2.14. The van der Waals surface area contributed by atoms with Gasteiger partial charge in [0.1, 0.15) is 17.5 Å². The molecule has 1 aromatic carbocycles. The molecule has 13 nitrogen and oxygen atoms in total. The predicted octanol–water partition coefficient (Wildman–Crippen LogP) is 2.39. The molecule has 2 aliphatic heterocycles. The minimum Gasteiger partial charge on any atom is -0.465 e. The van der Waals surface area contributed by atoms with Crippen LogP contribution in [-0.4, -0.2) is 95.1 Å². The molecule has 4 heterocycles. The van der Waals surface area contributed by atoms with Gasteiger partial charge in [-0.05, 0) is 12.3 Å². The number of carbonyl (C=O) groups is 4. The van der Waals surface area contributed by atoms with E-state index in [1.165, 1.54) is 22.2 Å². The zero-order chi connectivity index (χ0) is 31.4. The number of nitrogens with zero attached hydrogens (tertiary/aromatic N) is 6. The van der Waals surface area contributed by atoms with Crippen LogP contribution in [0.25, 0.3) is 5.65 Å². The number of imidazole rings is 1. The summed E-state index contributed by atoms with van der Waals surface area (Å²) in [6.45, 7) is 4.62. The summed E-state index contributed by atoms with van der Waals surface area (Å²) < 4.78 is 42.5. The molecule has 15 heteroatoms. The van der Waals surface area contributed by atoms with Crippen LogP contribution in [0.2, 0.25) is 0 Å². The first-order valence-corrected chi connectivity index (χ1v) is 14.3. The molecule has 2 aromatic heterocycles. The third-order valence-electron chi connectivity index (χ3n) is 7.28. The Morgan fingerprint density at radius 1 is 1.14 bits per heavy atom. The van der Waals surface area contributed by atoms with Gasteiger partial charge >= 0.3 is 12.1 Å². The van der Waals surface area contributed by atoms with Crippen LogP contribution in [-0.2, 0) is 19.1 Å². The second-order valence-electron chi connectivity index (χ2n) is 11.0. The molecule has 0 bridgehead atoms. The Morgan fingerprint density at radius 2 is 1.86 bits per heavy atom. The van der Waals surface area contributed by atoms with E-state index >= 15 is 8.78 Å². The third kappa shape index (κ3) is 7.03. The highest BCUT2D eigenvalue weighted by atomic mass is 19.1. The van der Waals surface area contributed by atoms with Gasteiger partial charge in [0.05, 0.1) is 31.6 Å². The van der Waals surface area contributed by atoms with E-state index < -0.39 is 35.7 Å². The molecule has 1 atom stereocenters. The SMILES string of the molecule is CC(C)COC(=O)CC[C@H]1CN(c2cc(F)c(N3CCN(C(=O)CNC(=O)c4cn5ccncc5n4)CC3)c(F)c2)C(=O)O1. The van der Waals surface area contributed by atoms with Crippen LogP contribution in [0.1, 0.15) is 37.2 Å². The number of benzene rings is 1. The molecule has 3 amide bonds. The topological polar surface area (TPSA) is 139 Å². The molecule has 2 saturated heterocycles. The highest BCUT2D eigenvalue weighted by Crippen LogP contribution is 2.32. The summed E-state index contributed by atoms with van der Waals surface area (Å²) in [5.74, 6) is -2.77. The lowest BCUT2D eigenvalue weighted by atomic mass is 10.1. The maximum absolute atomic E-state index is 15.2.